The van der Waals surface area contributed by atoms with Crippen molar-refractivity contribution in [2.45, 2.75) is 55.3 Å². The lowest BCUT2D eigenvalue weighted by Gasteiger charge is -2.53. The van der Waals surface area contributed by atoms with Gasteiger partial charge in [-0.3, -0.25) is 4.90 Å². The highest BCUT2D eigenvalue weighted by Gasteiger charge is 2.70. The molecule has 4 atom stereocenters. The third kappa shape index (κ3) is 1.83. The van der Waals surface area contributed by atoms with Crippen molar-refractivity contribution in [2.24, 2.45) is 5.92 Å². The van der Waals surface area contributed by atoms with Gasteiger partial charge in [0.05, 0.1) is 16.6 Å². The predicted octanol–water partition coefficient (Wildman–Crippen LogP) is 3.13. The maximum absolute atomic E-state index is 12.3. The molecule has 8 rings (SSSR count). The summed E-state index contributed by atoms with van der Waals surface area (Å²) >= 11 is 1.40. The average Bonchev–Trinajstić information content (AvgIpc) is 3.42. The molecule has 1 saturated carbocycles. The number of hydrogen-bond donors (Lipinski definition) is 3. The number of phenols is 1. The molecule has 0 amide bonds. The van der Waals surface area contributed by atoms with Crippen molar-refractivity contribution in [2.75, 3.05) is 18.8 Å². The molecule has 1 saturated heterocycles. The number of anilines is 1. The zero-order valence-corrected chi connectivity index (χ0v) is 17.3. The molecule has 2 bridgehead atoms. The number of hydrogen-bond acceptors (Lipinski definition) is 7. The molecule has 3 aliphatic heterocycles. The van der Waals surface area contributed by atoms with E-state index in [0.29, 0.717) is 29.2 Å². The van der Waals surface area contributed by atoms with Gasteiger partial charge in [0.1, 0.15) is 17.2 Å². The quantitative estimate of drug-likeness (QED) is 0.689. The molecule has 154 valence electrons. The van der Waals surface area contributed by atoms with Gasteiger partial charge in [0, 0.05) is 35.0 Å². The smallest absolute Gasteiger partial charge is 0.166 e. The minimum atomic E-state index is -0.982. The number of nitrogen functional groups attached to an aromatic ring is 1. The number of nitriles is 1. The highest BCUT2D eigenvalue weighted by Crippen LogP contribution is 2.71. The summed E-state index contributed by atoms with van der Waals surface area (Å²) < 4.78 is 6.46. The van der Waals surface area contributed by atoms with Gasteiger partial charge < -0.3 is 20.7 Å². The maximum Gasteiger partial charge on any atom is 0.166 e. The molecule has 1 aromatic carbocycles. The second-order valence-corrected chi connectivity index (χ2v) is 10.9. The van der Waals surface area contributed by atoms with E-state index in [0.717, 1.165) is 41.4 Å². The zero-order valence-electron chi connectivity index (χ0n) is 16.5. The Bertz CT molecular complexity index is 1170. The molecule has 6 aliphatic rings. The standard InChI is InChI=1S/C23H23N3O3S/c24-9-13-17-16(30-21(13)25)8-22(28)7-14-12-3-4-15(27)19-18(12)23(22,20(17)29-19)5-6-26(14)10-11-1-2-11/h3-4,11,14,20,27-28H,1-2,5-8,10,25H2/t14?,20?,22-,23-/m0/s1. The van der Waals surface area contributed by atoms with Crippen molar-refractivity contribution in [3.8, 4) is 17.6 Å². The number of phenolic OH excluding ortho intramolecular Hbond substituents is 1. The van der Waals surface area contributed by atoms with Crippen LogP contribution in [0.2, 0.25) is 0 Å². The molecule has 4 heterocycles. The molecule has 1 spiro atoms. The Morgan fingerprint density at radius 2 is 2.20 bits per heavy atom. The lowest BCUT2D eigenvalue weighted by Crippen LogP contribution is -2.60. The summed E-state index contributed by atoms with van der Waals surface area (Å²) in [6.07, 6.45) is 3.98. The van der Waals surface area contributed by atoms with E-state index >= 15 is 0 Å². The molecule has 30 heavy (non-hydrogen) atoms. The third-order valence-electron chi connectivity index (χ3n) is 8.32. The first-order valence-corrected chi connectivity index (χ1v) is 11.6. The van der Waals surface area contributed by atoms with Crippen molar-refractivity contribution >= 4 is 16.3 Å². The first kappa shape index (κ1) is 17.4. The van der Waals surface area contributed by atoms with Crippen LogP contribution in [0.1, 0.15) is 65.0 Å². The van der Waals surface area contributed by atoms with Gasteiger partial charge >= 0.3 is 0 Å². The van der Waals surface area contributed by atoms with Gasteiger partial charge in [0.25, 0.3) is 0 Å². The first-order valence-electron chi connectivity index (χ1n) is 10.8. The fourth-order valence-electron chi connectivity index (χ4n) is 6.86. The molecular formula is C23H23N3O3S. The largest absolute Gasteiger partial charge is 0.504 e. The zero-order chi connectivity index (χ0) is 20.4. The van der Waals surface area contributed by atoms with Crippen LogP contribution in [0.5, 0.6) is 11.5 Å². The van der Waals surface area contributed by atoms with Crippen LogP contribution in [-0.4, -0.2) is 33.8 Å². The fourth-order valence-corrected chi connectivity index (χ4v) is 8.01. The van der Waals surface area contributed by atoms with Crippen LogP contribution in [0, 0.1) is 17.2 Å². The lowest BCUT2D eigenvalue weighted by molar-refractivity contribution is -0.0979. The number of fused-ring (bicyclic) bond motifs is 4. The number of nitrogens with two attached hydrogens (primary N) is 1. The fraction of sp³-hybridized carbons (Fsp3) is 0.522. The van der Waals surface area contributed by atoms with E-state index in [-0.39, 0.29) is 11.8 Å². The topological polar surface area (TPSA) is 103 Å². The molecule has 2 aromatic rings. The molecule has 7 heteroatoms. The van der Waals surface area contributed by atoms with Gasteiger partial charge in [-0.05, 0) is 49.8 Å². The van der Waals surface area contributed by atoms with E-state index in [1.54, 1.807) is 6.07 Å². The summed E-state index contributed by atoms with van der Waals surface area (Å²) in [5, 5.41) is 33.3. The van der Waals surface area contributed by atoms with Crippen molar-refractivity contribution in [1.29, 1.82) is 5.26 Å². The van der Waals surface area contributed by atoms with Gasteiger partial charge in [-0.1, -0.05) is 6.07 Å². The van der Waals surface area contributed by atoms with Crippen LogP contribution >= 0.6 is 11.3 Å². The summed E-state index contributed by atoms with van der Waals surface area (Å²) in [5.41, 5.74) is 8.03. The van der Waals surface area contributed by atoms with E-state index in [4.69, 9.17) is 10.5 Å². The highest BCUT2D eigenvalue weighted by molar-refractivity contribution is 7.16. The van der Waals surface area contributed by atoms with Crippen molar-refractivity contribution in [3.05, 3.63) is 39.3 Å². The average molecular weight is 422 g/mol. The van der Waals surface area contributed by atoms with Gasteiger partial charge in [0.15, 0.2) is 11.5 Å². The summed E-state index contributed by atoms with van der Waals surface area (Å²) in [7, 11) is 0. The lowest BCUT2D eigenvalue weighted by atomic mass is 9.52. The predicted molar refractivity (Wildman–Crippen MR) is 112 cm³/mol. The number of aliphatic hydroxyl groups is 1. The Morgan fingerprint density at radius 1 is 1.37 bits per heavy atom. The van der Waals surface area contributed by atoms with E-state index in [1.807, 2.05) is 6.07 Å². The van der Waals surface area contributed by atoms with Crippen LogP contribution in [0.15, 0.2) is 12.1 Å². The van der Waals surface area contributed by atoms with Crippen molar-refractivity contribution in [3.63, 3.8) is 0 Å². The first-order chi connectivity index (χ1) is 14.5. The molecule has 0 radical (unpaired) electrons. The van der Waals surface area contributed by atoms with E-state index in [1.165, 1.54) is 29.7 Å². The van der Waals surface area contributed by atoms with E-state index in [9.17, 15) is 15.5 Å². The summed E-state index contributed by atoms with van der Waals surface area (Å²) in [6.45, 7) is 1.95. The van der Waals surface area contributed by atoms with Gasteiger partial charge in [0.2, 0.25) is 0 Å². The van der Waals surface area contributed by atoms with Gasteiger partial charge in [-0.2, -0.15) is 5.26 Å². The van der Waals surface area contributed by atoms with Gasteiger partial charge in [-0.15, -0.1) is 11.3 Å². The monoisotopic (exact) mass is 421 g/mol. The minimum absolute atomic E-state index is 0.115. The van der Waals surface area contributed by atoms with Crippen LogP contribution in [0.4, 0.5) is 5.00 Å². The Balaban J connectivity index is 1.52. The van der Waals surface area contributed by atoms with Crippen LogP contribution in [-0.2, 0) is 11.8 Å². The second-order valence-electron chi connectivity index (χ2n) is 9.75. The molecule has 4 N–H and O–H groups in total. The minimum Gasteiger partial charge on any atom is -0.504 e. The van der Waals surface area contributed by atoms with Gasteiger partial charge in [-0.25, -0.2) is 0 Å². The normalized spacial score (nSPS) is 35.3. The number of benzene rings is 1. The molecule has 3 aliphatic carbocycles. The number of thiophene rings is 1. The molecule has 2 unspecified atom stereocenters. The Labute approximate surface area is 178 Å². The Hall–Kier alpha value is -2.27. The number of aromatic hydroxyl groups is 1. The Kier molecular flexibility index (Phi) is 3.08. The third-order valence-corrected chi connectivity index (χ3v) is 9.35. The second kappa shape index (κ2) is 5.31. The SMILES string of the molecule is N#Cc1c(N)sc2c1C1Oc3c(O)ccc4c3[C@@]13CCN(CC1CC1)C4C[C@]3(O)C2. The molecule has 2 fully saturated rings. The van der Waals surface area contributed by atoms with E-state index < -0.39 is 17.1 Å². The molecule has 6 nitrogen and oxygen atoms in total. The Morgan fingerprint density at radius 3 is 2.97 bits per heavy atom. The van der Waals surface area contributed by atoms with Crippen LogP contribution in [0.25, 0.3) is 0 Å². The molecule has 1 aromatic heterocycles. The number of ether oxygens (including phenoxy) is 1. The van der Waals surface area contributed by atoms with E-state index in [2.05, 4.69) is 11.0 Å². The number of rotatable bonds is 2. The van der Waals surface area contributed by atoms with Crippen molar-refractivity contribution < 1.29 is 14.9 Å². The van der Waals surface area contributed by atoms with Crippen LogP contribution in [0.3, 0.4) is 0 Å². The molecular weight excluding hydrogens is 398 g/mol. The summed E-state index contributed by atoms with van der Waals surface area (Å²) in [6, 6.07) is 6.16. The summed E-state index contributed by atoms with van der Waals surface area (Å²) in [5.74, 6) is 1.37. The number of nitrogens with zero attached hydrogens (tertiary/aromatic N) is 2. The maximum atomic E-state index is 12.3. The van der Waals surface area contributed by atoms with Crippen LogP contribution < -0.4 is 10.5 Å². The summed E-state index contributed by atoms with van der Waals surface area (Å²) in [4.78, 5) is 3.51. The highest BCUT2D eigenvalue weighted by atomic mass is 32.1. The van der Waals surface area contributed by atoms with Crippen molar-refractivity contribution in [1.82, 2.24) is 4.90 Å².